The summed E-state index contributed by atoms with van der Waals surface area (Å²) in [5.41, 5.74) is 0.408. The van der Waals surface area contributed by atoms with Gasteiger partial charge in [-0.3, -0.25) is 19.6 Å². The van der Waals surface area contributed by atoms with Crippen LogP contribution < -0.4 is 4.90 Å². The number of aromatic nitrogens is 3. The Bertz CT molecular complexity index is 791. The maximum Gasteiger partial charge on any atom is 0.313 e. The van der Waals surface area contributed by atoms with Crippen LogP contribution in [0.25, 0.3) is 0 Å². The van der Waals surface area contributed by atoms with E-state index in [1.807, 2.05) is 4.90 Å². The number of hydrogen-bond acceptors (Lipinski definition) is 6. The van der Waals surface area contributed by atoms with Crippen molar-refractivity contribution in [2.75, 3.05) is 11.4 Å². The molecular formula is C15H16ClN5O3. The van der Waals surface area contributed by atoms with Crippen molar-refractivity contribution in [1.29, 1.82) is 0 Å². The third kappa shape index (κ3) is 3.23. The predicted octanol–water partition coefficient (Wildman–Crippen LogP) is 2.62. The first-order valence-electron chi connectivity index (χ1n) is 7.54. The van der Waals surface area contributed by atoms with E-state index >= 15 is 0 Å². The Kier molecular flexibility index (Phi) is 4.48. The Morgan fingerprint density at radius 3 is 2.96 bits per heavy atom. The average molecular weight is 350 g/mol. The summed E-state index contributed by atoms with van der Waals surface area (Å²) < 4.78 is 1.57. The lowest BCUT2D eigenvalue weighted by molar-refractivity contribution is -0.384. The van der Waals surface area contributed by atoms with Gasteiger partial charge < -0.3 is 4.90 Å². The SMILES string of the molecule is Cn1cc(C(=O)C[C@@H]2CCCN2c2ncc(Cl)cc2[N+](=O)[O-])cn1. The lowest BCUT2D eigenvalue weighted by atomic mass is 10.0. The van der Waals surface area contributed by atoms with E-state index in [9.17, 15) is 14.9 Å². The number of anilines is 1. The van der Waals surface area contributed by atoms with Gasteiger partial charge in [-0.05, 0) is 12.8 Å². The van der Waals surface area contributed by atoms with E-state index < -0.39 is 4.92 Å². The lowest BCUT2D eigenvalue weighted by Crippen LogP contribution is -2.32. The first kappa shape index (κ1) is 16.4. The summed E-state index contributed by atoms with van der Waals surface area (Å²) in [7, 11) is 1.75. The molecule has 0 amide bonds. The highest BCUT2D eigenvalue weighted by atomic mass is 35.5. The number of nitro groups is 1. The summed E-state index contributed by atoms with van der Waals surface area (Å²) in [5, 5.41) is 15.5. The Morgan fingerprint density at radius 2 is 2.29 bits per heavy atom. The standard InChI is InChI=1S/C15H16ClN5O3/c1-19-9-10(7-18-19)14(22)6-12-3-2-4-20(12)15-13(21(23)24)5-11(16)8-17-15/h5,7-9,12H,2-4,6H2,1H3/t12-/m0/s1. The molecule has 0 saturated carbocycles. The zero-order chi connectivity index (χ0) is 17.3. The van der Waals surface area contributed by atoms with Crippen molar-refractivity contribution in [3.8, 4) is 0 Å². The minimum Gasteiger partial charge on any atom is -0.347 e. The highest BCUT2D eigenvalue weighted by molar-refractivity contribution is 6.30. The summed E-state index contributed by atoms with van der Waals surface area (Å²) in [5.74, 6) is 0.238. The topological polar surface area (TPSA) is 94.2 Å². The molecule has 1 atom stereocenters. The Hall–Kier alpha value is -2.48. The van der Waals surface area contributed by atoms with Crippen molar-refractivity contribution < 1.29 is 9.72 Å². The zero-order valence-electron chi connectivity index (χ0n) is 13.1. The molecule has 1 saturated heterocycles. The van der Waals surface area contributed by atoms with Crippen LogP contribution in [0.4, 0.5) is 11.5 Å². The largest absolute Gasteiger partial charge is 0.347 e. The van der Waals surface area contributed by atoms with Crippen molar-refractivity contribution >= 4 is 28.9 Å². The summed E-state index contributed by atoms with van der Waals surface area (Å²) >= 11 is 5.82. The van der Waals surface area contributed by atoms with E-state index in [2.05, 4.69) is 10.1 Å². The molecule has 1 aliphatic rings. The molecule has 1 aliphatic heterocycles. The van der Waals surface area contributed by atoms with Gasteiger partial charge >= 0.3 is 5.69 Å². The molecular weight excluding hydrogens is 334 g/mol. The number of rotatable bonds is 5. The predicted molar refractivity (Wildman–Crippen MR) is 88.4 cm³/mol. The van der Waals surface area contributed by atoms with E-state index in [-0.39, 0.29) is 34.8 Å². The number of ketones is 1. The maximum atomic E-state index is 12.4. The van der Waals surface area contributed by atoms with Crippen molar-refractivity contribution in [1.82, 2.24) is 14.8 Å². The number of carbonyl (C=O) groups is 1. The lowest BCUT2D eigenvalue weighted by Gasteiger charge is -2.24. The van der Waals surface area contributed by atoms with Gasteiger partial charge in [0.1, 0.15) is 0 Å². The van der Waals surface area contributed by atoms with Gasteiger partial charge in [0, 0.05) is 44.5 Å². The molecule has 0 unspecified atom stereocenters. The molecule has 0 aliphatic carbocycles. The van der Waals surface area contributed by atoms with Crippen LogP contribution in [0.2, 0.25) is 5.02 Å². The monoisotopic (exact) mass is 349 g/mol. The highest BCUT2D eigenvalue weighted by Gasteiger charge is 2.32. The van der Waals surface area contributed by atoms with Crippen LogP contribution >= 0.6 is 11.6 Å². The number of nitrogens with zero attached hydrogens (tertiary/aromatic N) is 5. The molecule has 8 nitrogen and oxygen atoms in total. The second-order valence-electron chi connectivity index (χ2n) is 5.77. The van der Waals surface area contributed by atoms with Crippen molar-refractivity contribution in [3.63, 3.8) is 0 Å². The van der Waals surface area contributed by atoms with Crippen LogP contribution in [0, 0.1) is 10.1 Å². The third-order valence-corrected chi connectivity index (χ3v) is 4.31. The van der Waals surface area contributed by atoms with Gasteiger partial charge in [0.2, 0.25) is 5.82 Å². The molecule has 2 aromatic heterocycles. The molecule has 0 bridgehead atoms. The van der Waals surface area contributed by atoms with Crippen LogP contribution in [0.1, 0.15) is 29.6 Å². The number of halogens is 1. The maximum absolute atomic E-state index is 12.4. The Morgan fingerprint density at radius 1 is 1.50 bits per heavy atom. The molecule has 0 spiro atoms. The molecule has 0 aromatic carbocycles. The zero-order valence-corrected chi connectivity index (χ0v) is 13.8. The van der Waals surface area contributed by atoms with Gasteiger partial charge in [-0.1, -0.05) is 11.6 Å². The van der Waals surface area contributed by atoms with Crippen LogP contribution in [-0.2, 0) is 7.05 Å². The molecule has 0 N–H and O–H groups in total. The highest BCUT2D eigenvalue weighted by Crippen LogP contribution is 2.34. The quantitative estimate of drug-likeness (QED) is 0.468. The van der Waals surface area contributed by atoms with Crippen molar-refractivity contribution in [3.05, 3.63) is 45.4 Å². The summed E-state index contributed by atoms with van der Waals surface area (Å²) in [6.45, 7) is 0.625. The Labute approximate surface area is 143 Å². The van der Waals surface area contributed by atoms with Gasteiger partial charge in [-0.25, -0.2) is 4.98 Å². The number of Topliss-reactive ketones (excluding diaryl/α,β-unsaturated/α-hetero) is 1. The van der Waals surface area contributed by atoms with E-state index in [1.165, 1.54) is 18.5 Å². The fraction of sp³-hybridized carbons (Fsp3) is 0.400. The smallest absolute Gasteiger partial charge is 0.313 e. The summed E-state index contributed by atoms with van der Waals surface area (Å²) in [6.07, 6.45) is 6.50. The second kappa shape index (κ2) is 6.56. The molecule has 1 fully saturated rings. The van der Waals surface area contributed by atoms with Crippen LogP contribution in [0.5, 0.6) is 0 Å². The fourth-order valence-electron chi connectivity index (χ4n) is 3.00. The van der Waals surface area contributed by atoms with Gasteiger partial charge in [0.15, 0.2) is 5.78 Å². The van der Waals surface area contributed by atoms with Gasteiger partial charge in [-0.15, -0.1) is 0 Å². The molecule has 126 valence electrons. The summed E-state index contributed by atoms with van der Waals surface area (Å²) in [4.78, 5) is 29.2. The minimum atomic E-state index is -0.494. The van der Waals surface area contributed by atoms with Crippen LogP contribution in [0.3, 0.4) is 0 Å². The first-order chi connectivity index (χ1) is 11.5. The van der Waals surface area contributed by atoms with E-state index in [0.29, 0.717) is 12.1 Å². The van der Waals surface area contributed by atoms with E-state index in [1.54, 1.807) is 17.9 Å². The number of carbonyl (C=O) groups excluding carboxylic acids is 1. The van der Waals surface area contributed by atoms with Crippen molar-refractivity contribution in [2.45, 2.75) is 25.3 Å². The minimum absolute atomic E-state index is 0.0309. The fourth-order valence-corrected chi connectivity index (χ4v) is 3.15. The average Bonchev–Trinajstić information content (AvgIpc) is 3.16. The Balaban J connectivity index is 1.83. The first-order valence-corrected chi connectivity index (χ1v) is 7.92. The third-order valence-electron chi connectivity index (χ3n) is 4.11. The summed E-state index contributed by atoms with van der Waals surface area (Å²) in [6, 6.07) is 1.17. The van der Waals surface area contributed by atoms with Gasteiger partial charge in [-0.2, -0.15) is 5.10 Å². The molecule has 3 heterocycles. The van der Waals surface area contributed by atoms with E-state index in [0.717, 1.165) is 12.8 Å². The molecule has 3 rings (SSSR count). The van der Waals surface area contributed by atoms with E-state index in [4.69, 9.17) is 11.6 Å². The van der Waals surface area contributed by atoms with Gasteiger partial charge in [0.25, 0.3) is 0 Å². The van der Waals surface area contributed by atoms with Crippen molar-refractivity contribution in [2.24, 2.45) is 7.05 Å². The molecule has 24 heavy (non-hydrogen) atoms. The number of pyridine rings is 1. The molecule has 2 aromatic rings. The van der Waals surface area contributed by atoms with Crippen LogP contribution in [0.15, 0.2) is 24.7 Å². The van der Waals surface area contributed by atoms with Gasteiger partial charge in [0.05, 0.1) is 21.7 Å². The number of hydrogen-bond donors (Lipinski definition) is 0. The normalized spacial score (nSPS) is 17.2. The molecule has 0 radical (unpaired) electrons. The second-order valence-corrected chi connectivity index (χ2v) is 6.21. The number of aryl methyl sites for hydroxylation is 1. The molecule has 9 heteroatoms. The van der Waals surface area contributed by atoms with Crippen LogP contribution in [-0.4, -0.2) is 38.1 Å².